The predicted molar refractivity (Wildman–Crippen MR) is 82.8 cm³/mol. The van der Waals surface area contributed by atoms with Crippen LogP contribution in [0, 0.1) is 6.92 Å². The number of hydrogen-bond acceptors (Lipinski definition) is 6. The normalized spacial score (nSPS) is 10.8. The third-order valence-electron chi connectivity index (χ3n) is 2.84. The Bertz CT molecular complexity index is 707. The average molecular weight is 303 g/mol. The standard InChI is InChI=1S/C14H13N3OS2/c1-9-4-2-5-10(13(9)15)20-8-12-16-14(17-18-12)11-6-3-7-19-11/h2-7H,8,15H2,1H3. The molecule has 0 unspecified atom stereocenters. The van der Waals surface area contributed by atoms with Gasteiger partial charge in [-0.2, -0.15) is 4.98 Å². The number of para-hydroxylation sites is 1. The van der Waals surface area contributed by atoms with Crippen LogP contribution in [0.15, 0.2) is 45.1 Å². The van der Waals surface area contributed by atoms with Gasteiger partial charge in [0.05, 0.1) is 10.6 Å². The van der Waals surface area contributed by atoms with E-state index in [0.29, 0.717) is 17.5 Å². The molecule has 0 saturated heterocycles. The quantitative estimate of drug-likeness (QED) is 0.583. The monoisotopic (exact) mass is 303 g/mol. The first kappa shape index (κ1) is 13.2. The molecule has 2 heterocycles. The molecule has 6 heteroatoms. The highest BCUT2D eigenvalue weighted by Crippen LogP contribution is 2.30. The molecule has 2 aromatic heterocycles. The minimum atomic E-state index is 0.610. The number of benzene rings is 1. The van der Waals surface area contributed by atoms with Crippen LogP contribution in [-0.4, -0.2) is 10.1 Å². The molecule has 0 spiro atoms. The first-order valence-corrected chi connectivity index (χ1v) is 7.95. The summed E-state index contributed by atoms with van der Waals surface area (Å²) < 4.78 is 5.26. The van der Waals surface area contributed by atoms with Gasteiger partial charge in [0.2, 0.25) is 11.7 Å². The van der Waals surface area contributed by atoms with Crippen molar-refractivity contribution in [3.8, 4) is 10.7 Å². The van der Waals surface area contributed by atoms with Gasteiger partial charge in [-0.3, -0.25) is 0 Å². The second-order valence-corrected chi connectivity index (χ2v) is 6.23. The predicted octanol–water partition coefficient (Wildman–Crippen LogP) is 3.98. The maximum atomic E-state index is 6.04. The van der Waals surface area contributed by atoms with Crippen molar-refractivity contribution in [2.24, 2.45) is 0 Å². The van der Waals surface area contributed by atoms with E-state index in [0.717, 1.165) is 21.0 Å². The fourth-order valence-corrected chi connectivity index (χ4v) is 3.28. The van der Waals surface area contributed by atoms with E-state index in [1.54, 1.807) is 23.1 Å². The van der Waals surface area contributed by atoms with E-state index < -0.39 is 0 Å². The summed E-state index contributed by atoms with van der Waals surface area (Å²) in [4.78, 5) is 6.45. The summed E-state index contributed by atoms with van der Waals surface area (Å²) in [6.07, 6.45) is 0. The van der Waals surface area contributed by atoms with Crippen LogP contribution >= 0.6 is 23.1 Å². The summed E-state index contributed by atoms with van der Waals surface area (Å²) >= 11 is 3.20. The van der Waals surface area contributed by atoms with E-state index in [1.807, 2.05) is 42.6 Å². The number of nitrogens with zero attached hydrogens (tertiary/aromatic N) is 2. The van der Waals surface area contributed by atoms with Crippen molar-refractivity contribution in [1.29, 1.82) is 0 Å². The zero-order valence-corrected chi connectivity index (χ0v) is 12.5. The van der Waals surface area contributed by atoms with Gasteiger partial charge < -0.3 is 10.3 Å². The van der Waals surface area contributed by atoms with E-state index in [4.69, 9.17) is 10.3 Å². The second-order valence-electron chi connectivity index (χ2n) is 4.26. The highest BCUT2D eigenvalue weighted by Gasteiger charge is 2.10. The van der Waals surface area contributed by atoms with Gasteiger partial charge in [0.1, 0.15) is 0 Å². The molecule has 1 aromatic carbocycles. The minimum absolute atomic E-state index is 0.610. The molecular formula is C14H13N3OS2. The van der Waals surface area contributed by atoms with Crippen molar-refractivity contribution in [3.63, 3.8) is 0 Å². The number of thiophene rings is 1. The van der Waals surface area contributed by atoms with E-state index in [1.165, 1.54) is 0 Å². The molecule has 20 heavy (non-hydrogen) atoms. The van der Waals surface area contributed by atoms with Crippen LogP contribution in [0.4, 0.5) is 5.69 Å². The van der Waals surface area contributed by atoms with Crippen molar-refractivity contribution >= 4 is 28.8 Å². The van der Waals surface area contributed by atoms with Gasteiger partial charge in [-0.25, -0.2) is 0 Å². The molecule has 0 atom stereocenters. The van der Waals surface area contributed by atoms with Crippen LogP contribution < -0.4 is 5.73 Å². The molecular weight excluding hydrogens is 290 g/mol. The van der Waals surface area contributed by atoms with E-state index >= 15 is 0 Å². The van der Waals surface area contributed by atoms with Gasteiger partial charge >= 0.3 is 0 Å². The zero-order valence-electron chi connectivity index (χ0n) is 10.9. The summed E-state index contributed by atoms with van der Waals surface area (Å²) in [5, 5.41) is 5.98. The lowest BCUT2D eigenvalue weighted by Crippen LogP contribution is -1.92. The molecule has 3 aromatic rings. The number of nitrogen functional groups attached to an aromatic ring is 1. The van der Waals surface area contributed by atoms with Crippen molar-refractivity contribution in [3.05, 3.63) is 47.2 Å². The Morgan fingerprint density at radius 3 is 3.00 bits per heavy atom. The molecule has 0 aliphatic heterocycles. The molecule has 0 aliphatic rings. The maximum absolute atomic E-state index is 6.04. The Morgan fingerprint density at radius 1 is 1.30 bits per heavy atom. The number of rotatable bonds is 4. The Hall–Kier alpha value is -1.79. The number of aryl methyl sites for hydroxylation is 1. The fraction of sp³-hybridized carbons (Fsp3) is 0.143. The second kappa shape index (κ2) is 5.68. The van der Waals surface area contributed by atoms with Gasteiger partial charge in [-0.15, -0.1) is 23.1 Å². The van der Waals surface area contributed by atoms with E-state index in [2.05, 4.69) is 10.1 Å². The fourth-order valence-electron chi connectivity index (χ4n) is 1.74. The van der Waals surface area contributed by atoms with Gasteiger partial charge in [0.25, 0.3) is 0 Å². The molecule has 4 nitrogen and oxygen atoms in total. The Balaban J connectivity index is 1.71. The lowest BCUT2D eigenvalue weighted by molar-refractivity contribution is 0.392. The molecule has 2 N–H and O–H groups in total. The molecule has 0 amide bonds. The topological polar surface area (TPSA) is 64.9 Å². The Kier molecular flexibility index (Phi) is 3.75. The first-order chi connectivity index (χ1) is 9.74. The lowest BCUT2D eigenvalue weighted by Gasteiger charge is -2.05. The molecule has 0 radical (unpaired) electrons. The van der Waals surface area contributed by atoms with Crippen molar-refractivity contribution in [1.82, 2.24) is 10.1 Å². The average Bonchev–Trinajstić information content (AvgIpc) is 3.10. The van der Waals surface area contributed by atoms with Crippen LogP contribution in [0.25, 0.3) is 10.7 Å². The third kappa shape index (κ3) is 2.71. The van der Waals surface area contributed by atoms with Gasteiger partial charge in [-0.1, -0.05) is 23.4 Å². The number of aromatic nitrogens is 2. The number of thioether (sulfide) groups is 1. The van der Waals surface area contributed by atoms with Crippen molar-refractivity contribution < 1.29 is 4.52 Å². The van der Waals surface area contributed by atoms with Crippen LogP contribution in [-0.2, 0) is 5.75 Å². The van der Waals surface area contributed by atoms with Crippen LogP contribution in [0.1, 0.15) is 11.5 Å². The van der Waals surface area contributed by atoms with Crippen molar-refractivity contribution in [2.45, 2.75) is 17.6 Å². The highest BCUT2D eigenvalue weighted by atomic mass is 32.2. The highest BCUT2D eigenvalue weighted by molar-refractivity contribution is 7.98. The molecule has 0 fully saturated rings. The molecule has 0 bridgehead atoms. The largest absolute Gasteiger partial charge is 0.398 e. The summed E-state index contributed by atoms with van der Waals surface area (Å²) in [5.74, 6) is 1.87. The Labute approximate surface area is 125 Å². The number of anilines is 1. The summed E-state index contributed by atoms with van der Waals surface area (Å²) in [6, 6.07) is 9.95. The Morgan fingerprint density at radius 2 is 2.20 bits per heavy atom. The van der Waals surface area contributed by atoms with Crippen LogP contribution in [0.5, 0.6) is 0 Å². The van der Waals surface area contributed by atoms with Crippen LogP contribution in [0.3, 0.4) is 0 Å². The summed E-state index contributed by atoms with van der Waals surface area (Å²) in [6.45, 7) is 2.00. The SMILES string of the molecule is Cc1cccc(SCc2nc(-c3cccs3)no2)c1N. The lowest BCUT2D eigenvalue weighted by atomic mass is 10.2. The first-order valence-electron chi connectivity index (χ1n) is 6.08. The zero-order chi connectivity index (χ0) is 13.9. The molecule has 0 aliphatic carbocycles. The van der Waals surface area contributed by atoms with Gasteiger partial charge in [0, 0.05) is 10.6 Å². The molecule has 102 valence electrons. The number of hydrogen-bond donors (Lipinski definition) is 1. The molecule has 0 saturated carbocycles. The number of nitrogens with two attached hydrogens (primary N) is 1. The smallest absolute Gasteiger partial charge is 0.237 e. The third-order valence-corrected chi connectivity index (χ3v) is 4.77. The van der Waals surface area contributed by atoms with Gasteiger partial charge in [0.15, 0.2) is 0 Å². The summed E-state index contributed by atoms with van der Waals surface area (Å²) in [5.41, 5.74) is 7.94. The maximum Gasteiger partial charge on any atom is 0.237 e. The minimum Gasteiger partial charge on any atom is -0.398 e. The van der Waals surface area contributed by atoms with E-state index in [-0.39, 0.29) is 0 Å². The summed E-state index contributed by atoms with van der Waals surface area (Å²) in [7, 11) is 0. The van der Waals surface area contributed by atoms with Crippen molar-refractivity contribution in [2.75, 3.05) is 5.73 Å². The van der Waals surface area contributed by atoms with Crippen LogP contribution in [0.2, 0.25) is 0 Å². The molecule has 3 rings (SSSR count). The van der Waals surface area contributed by atoms with Gasteiger partial charge in [-0.05, 0) is 30.0 Å². The van der Waals surface area contributed by atoms with E-state index in [9.17, 15) is 0 Å².